The van der Waals surface area contributed by atoms with Gasteiger partial charge in [0, 0.05) is 29.7 Å². The Bertz CT molecular complexity index is 1380. The molecule has 0 spiro atoms. The highest BCUT2D eigenvalue weighted by molar-refractivity contribution is 9.10. The third-order valence-corrected chi connectivity index (χ3v) is 8.02. The van der Waals surface area contributed by atoms with E-state index in [4.69, 9.17) is 4.99 Å². The summed E-state index contributed by atoms with van der Waals surface area (Å²) in [4.78, 5) is 46.1. The smallest absolute Gasteiger partial charge is 0.297 e. The molecule has 0 unspecified atom stereocenters. The monoisotopic (exact) mass is 583 g/mol. The Balaban J connectivity index is 1.65. The number of halogens is 1. The number of nitrogens with one attached hydrogen (secondary N) is 1. The summed E-state index contributed by atoms with van der Waals surface area (Å²) >= 11 is 4.63. The molecule has 1 aromatic heterocycles. The molecule has 8 nitrogen and oxygen atoms in total. The number of para-hydroxylation sites is 1. The number of carbonyl (C=O) groups excluding carboxylic acids is 2. The van der Waals surface area contributed by atoms with Crippen LogP contribution in [0.1, 0.15) is 38.8 Å². The van der Waals surface area contributed by atoms with E-state index in [9.17, 15) is 14.4 Å². The molecule has 0 bridgehead atoms. The van der Waals surface area contributed by atoms with Crippen molar-refractivity contribution < 1.29 is 9.59 Å². The molecule has 0 aliphatic carbocycles. The Hall–Kier alpha value is -3.11. The number of anilines is 1. The number of amidine groups is 1. The first-order valence-corrected chi connectivity index (χ1v) is 13.9. The van der Waals surface area contributed by atoms with Gasteiger partial charge in [-0.15, -0.1) is 0 Å². The van der Waals surface area contributed by atoms with Gasteiger partial charge in [-0.25, -0.2) is 9.67 Å². The fourth-order valence-electron chi connectivity index (χ4n) is 4.34. The van der Waals surface area contributed by atoms with Crippen molar-refractivity contribution in [1.29, 1.82) is 0 Å². The molecule has 37 heavy (non-hydrogen) atoms. The molecule has 1 aliphatic rings. The summed E-state index contributed by atoms with van der Waals surface area (Å²) in [7, 11) is 1.81. The van der Waals surface area contributed by atoms with Crippen LogP contribution in [0.4, 0.5) is 11.4 Å². The van der Waals surface area contributed by atoms with Crippen LogP contribution in [0, 0.1) is 6.92 Å². The number of amides is 2. The fraction of sp³-hybridized carbons (Fsp3) is 0.333. The van der Waals surface area contributed by atoms with E-state index >= 15 is 0 Å². The molecule has 2 heterocycles. The lowest BCUT2D eigenvalue weighted by Gasteiger charge is -2.24. The summed E-state index contributed by atoms with van der Waals surface area (Å²) in [6, 6.07) is 16.5. The van der Waals surface area contributed by atoms with E-state index in [1.807, 2.05) is 63.4 Å². The number of benzene rings is 2. The van der Waals surface area contributed by atoms with Crippen LogP contribution >= 0.6 is 27.7 Å². The summed E-state index contributed by atoms with van der Waals surface area (Å²) < 4.78 is 4.25. The van der Waals surface area contributed by atoms with E-state index in [0.717, 1.165) is 23.0 Å². The zero-order chi connectivity index (χ0) is 26.7. The normalized spacial score (nSPS) is 17.4. The van der Waals surface area contributed by atoms with Crippen molar-refractivity contribution in [2.75, 3.05) is 5.32 Å². The average molecular weight is 585 g/mol. The maximum absolute atomic E-state index is 13.5. The van der Waals surface area contributed by atoms with Gasteiger partial charge in [0.05, 0.1) is 11.4 Å². The average Bonchev–Trinajstić information content (AvgIpc) is 3.28. The minimum absolute atomic E-state index is 0.00987. The molecule has 2 aromatic carbocycles. The van der Waals surface area contributed by atoms with Crippen molar-refractivity contribution in [2.45, 2.75) is 51.3 Å². The molecule has 1 fully saturated rings. The summed E-state index contributed by atoms with van der Waals surface area (Å²) in [6.45, 7) is 5.87. The number of rotatable bonds is 8. The quantitative estimate of drug-likeness (QED) is 0.384. The minimum atomic E-state index is -0.617. The van der Waals surface area contributed by atoms with Crippen molar-refractivity contribution >= 4 is 56.0 Å². The lowest BCUT2D eigenvalue weighted by atomic mass is 10.1. The van der Waals surface area contributed by atoms with E-state index < -0.39 is 5.25 Å². The Kier molecular flexibility index (Phi) is 8.39. The first-order valence-electron chi connectivity index (χ1n) is 12.2. The van der Waals surface area contributed by atoms with E-state index in [1.165, 1.54) is 11.8 Å². The second-order valence-corrected chi connectivity index (χ2v) is 11.1. The number of aromatic nitrogens is 2. The Morgan fingerprint density at radius 1 is 1.14 bits per heavy atom. The zero-order valence-electron chi connectivity index (χ0n) is 21.3. The van der Waals surface area contributed by atoms with Crippen LogP contribution in [-0.2, 0) is 16.6 Å². The van der Waals surface area contributed by atoms with Gasteiger partial charge in [0.15, 0.2) is 10.9 Å². The molecule has 1 N–H and O–H groups in total. The van der Waals surface area contributed by atoms with E-state index in [2.05, 4.69) is 28.2 Å². The second kappa shape index (κ2) is 11.5. The van der Waals surface area contributed by atoms with Crippen molar-refractivity contribution in [1.82, 2.24) is 14.3 Å². The predicted octanol–water partition coefficient (Wildman–Crippen LogP) is 5.40. The third kappa shape index (κ3) is 5.75. The van der Waals surface area contributed by atoms with Gasteiger partial charge in [0.25, 0.3) is 5.56 Å². The van der Waals surface area contributed by atoms with Gasteiger partial charge >= 0.3 is 0 Å². The Morgan fingerprint density at radius 3 is 2.46 bits per heavy atom. The van der Waals surface area contributed by atoms with Gasteiger partial charge in [-0.3, -0.25) is 24.0 Å². The van der Waals surface area contributed by atoms with Gasteiger partial charge in [0.1, 0.15) is 5.25 Å². The summed E-state index contributed by atoms with van der Waals surface area (Å²) in [5.74, 6) is -0.410. The van der Waals surface area contributed by atoms with E-state index in [-0.39, 0.29) is 35.5 Å². The minimum Gasteiger partial charge on any atom is -0.326 e. The van der Waals surface area contributed by atoms with Crippen molar-refractivity contribution in [3.63, 3.8) is 0 Å². The lowest BCUT2D eigenvalue weighted by molar-refractivity contribution is -0.129. The van der Waals surface area contributed by atoms with Crippen LogP contribution in [0.2, 0.25) is 0 Å². The summed E-state index contributed by atoms with van der Waals surface area (Å²) in [6.07, 6.45) is 1.68. The molecule has 0 saturated carbocycles. The summed E-state index contributed by atoms with van der Waals surface area (Å²) in [5.41, 5.74) is 2.11. The topological polar surface area (TPSA) is 88.7 Å². The van der Waals surface area contributed by atoms with E-state index in [1.54, 1.807) is 26.4 Å². The molecular weight excluding hydrogens is 554 g/mol. The van der Waals surface area contributed by atoms with Crippen LogP contribution in [0.3, 0.4) is 0 Å². The molecular formula is C27H30BrN5O3S. The van der Waals surface area contributed by atoms with Gasteiger partial charge in [-0.05, 0) is 56.7 Å². The Labute approximate surface area is 228 Å². The van der Waals surface area contributed by atoms with Gasteiger partial charge < -0.3 is 5.32 Å². The predicted molar refractivity (Wildman–Crippen MR) is 153 cm³/mol. The molecule has 2 amide bonds. The van der Waals surface area contributed by atoms with Crippen LogP contribution in [0.5, 0.6) is 0 Å². The van der Waals surface area contributed by atoms with Crippen molar-refractivity contribution in [2.24, 2.45) is 12.0 Å². The number of nitrogens with zero attached hydrogens (tertiary/aromatic N) is 4. The SMILES string of the molecule is CCC[C@H](C)N1C(=O)[C@@H](CC(=O)Nc2ccc(Br)cc2)SC1=Nc1c(C)n(C)n(-c2ccccc2)c1=O. The fourth-order valence-corrected chi connectivity index (χ4v) is 5.83. The maximum Gasteiger partial charge on any atom is 0.297 e. The molecule has 1 saturated heterocycles. The molecule has 194 valence electrons. The molecule has 0 radical (unpaired) electrons. The first-order chi connectivity index (χ1) is 17.7. The van der Waals surface area contributed by atoms with Crippen LogP contribution in [0.25, 0.3) is 5.69 Å². The maximum atomic E-state index is 13.5. The van der Waals surface area contributed by atoms with E-state index in [0.29, 0.717) is 16.5 Å². The van der Waals surface area contributed by atoms with Gasteiger partial charge in [-0.2, -0.15) is 0 Å². The van der Waals surface area contributed by atoms with Crippen molar-refractivity contribution in [3.8, 4) is 5.69 Å². The number of carbonyl (C=O) groups is 2. The Morgan fingerprint density at radius 2 is 1.81 bits per heavy atom. The molecule has 3 aromatic rings. The standard InChI is InChI=1S/C27H30BrN5O3S/c1-5-9-17(2)32-25(35)22(16-23(34)29-20-14-12-19(28)13-15-20)37-27(32)30-24-18(3)31(4)33(26(24)36)21-10-7-6-8-11-21/h6-8,10-15,17,22H,5,9,16H2,1-4H3,(H,29,34)/t17-,22+/m0/s1. The molecule has 10 heteroatoms. The molecule has 2 atom stereocenters. The number of hydrogen-bond acceptors (Lipinski definition) is 5. The highest BCUT2D eigenvalue weighted by atomic mass is 79.9. The lowest BCUT2D eigenvalue weighted by Crippen LogP contribution is -2.40. The third-order valence-electron chi connectivity index (χ3n) is 6.34. The molecule has 4 rings (SSSR count). The van der Waals surface area contributed by atoms with Crippen molar-refractivity contribution in [3.05, 3.63) is 75.1 Å². The zero-order valence-corrected chi connectivity index (χ0v) is 23.7. The van der Waals surface area contributed by atoms with Gasteiger partial charge in [0.2, 0.25) is 11.8 Å². The number of aliphatic imine (C=N–C) groups is 1. The highest BCUT2D eigenvalue weighted by Gasteiger charge is 2.41. The largest absolute Gasteiger partial charge is 0.326 e. The molecule has 1 aliphatic heterocycles. The second-order valence-electron chi connectivity index (χ2n) is 9.02. The first kappa shape index (κ1) is 26.9. The number of thioether (sulfide) groups is 1. The highest BCUT2D eigenvalue weighted by Crippen LogP contribution is 2.34. The summed E-state index contributed by atoms with van der Waals surface area (Å²) in [5, 5.41) is 2.70. The van der Waals surface area contributed by atoms with Crippen LogP contribution in [0.15, 0.2) is 68.9 Å². The van der Waals surface area contributed by atoms with Gasteiger partial charge in [-0.1, -0.05) is 59.2 Å². The van der Waals surface area contributed by atoms with Crippen LogP contribution < -0.4 is 10.9 Å². The van der Waals surface area contributed by atoms with Crippen LogP contribution in [-0.4, -0.2) is 42.5 Å². The number of hydrogen-bond donors (Lipinski definition) is 1.